The zero-order valence-electron chi connectivity index (χ0n) is 15.5. The molecule has 0 saturated carbocycles. The summed E-state index contributed by atoms with van der Waals surface area (Å²) in [5.74, 6) is 2.90. The molecule has 1 aromatic heterocycles. The van der Waals surface area contributed by atoms with Gasteiger partial charge < -0.3 is 20.1 Å². The summed E-state index contributed by atoms with van der Waals surface area (Å²) in [6, 6.07) is 14.1. The molecule has 6 heteroatoms. The number of fused-ring (bicyclic) bond motifs is 1. The number of ether oxygens (including phenoxy) is 2. The third-order valence-corrected chi connectivity index (χ3v) is 4.54. The molecule has 0 atom stereocenters. The maximum atomic E-state index is 5.42. The highest BCUT2D eigenvalue weighted by Gasteiger charge is 2.13. The molecule has 3 aromatic rings. The van der Waals surface area contributed by atoms with Crippen molar-refractivity contribution in [3.63, 3.8) is 0 Å². The monoisotopic (exact) mass is 362 g/mol. The molecule has 2 N–H and O–H groups in total. The third kappa shape index (κ3) is 3.79. The van der Waals surface area contributed by atoms with E-state index in [0.29, 0.717) is 12.5 Å². The van der Waals surface area contributed by atoms with Crippen LogP contribution in [0.4, 0.5) is 17.5 Å². The fraction of sp³-hybridized carbons (Fsp3) is 0.238. The van der Waals surface area contributed by atoms with E-state index in [1.165, 1.54) is 11.1 Å². The van der Waals surface area contributed by atoms with Crippen LogP contribution < -0.4 is 20.1 Å². The van der Waals surface area contributed by atoms with Crippen LogP contribution in [-0.4, -0.2) is 16.8 Å². The van der Waals surface area contributed by atoms with Gasteiger partial charge in [0, 0.05) is 18.4 Å². The molecule has 2 heterocycles. The number of nitrogens with zero attached hydrogens (tertiary/aromatic N) is 2. The lowest BCUT2D eigenvalue weighted by molar-refractivity contribution is 0.174. The lowest BCUT2D eigenvalue weighted by atomic mass is 10.1. The van der Waals surface area contributed by atoms with Gasteiger partial charge in [-0.05, 0) is 48.2 Å². The van der Waals surface area contributed by atoms with E-state index in [1.54, 1.807) is 6.20 Å². The molecule has 0 radical (unpaired) electrons. The zero-order chi connectivity index (χ0) is 18.6. The first kappa shape index (κ1) is 17.1. The number of hydrogen-bond acceptors (Lipinski definition) is 6. The van der Waals surface area contributed by atoms with Gasteiger partial charge in [-0.2, -0.15) is 4.98 Å². The molecule has 4 rings (SSSR count). The maximum Gasteiger partial charge on any atom is 0.231 e. The van der Waals surface area contributed by atoms with Crippen molar-refractivity contribution in [1.29, 1.82) is 0 Å². The molecule has 27 heavy (non-hydrogen) atoms. The summed E-state index contributed by atoms with van der Waals surface area (Å²) < 4.78 is 10.8. The fourth-order valence-electron chi connectivity index (χ4n) is 3.08. The first-order chi connectivity index (χ1) is 13.2. The molecule has 0 unspecified atom stereocenters. The molecule has 0 fully saturated rings. The number of para-hydroxylation sites is 1. The lowest BCUT2D eigenvalue weighted by Crippen LogP contribution is -2.06. The molecule has 0 bridgehead atoms. The summed E-state index contributed by atoms with van der Waals surface area (Å²) in [4.78, 5) is 8.90. The van der Waals surface area contributed by atoms with Crippen LogP contribution in [0, 0.1) is 6.92 Å². The van der Waals surface area contributed by atoms with E-state index in [-0.39, 0.29) is 6.79 Å². The van der Waals surface area contributed by atoms with Crippen LogP contribution in [0.1, 0.15) is 23.6 Å². The van der Waals surface area contributed by atoms with E-state index in [2.05, 4.69) is 52.6 Å². The van der Waals surface area contributed by atoms with E-state index in [4.69, 9.17) is 9.47 Å². The molecule has 0 spiro atoms. The smallest absolute Gasteiger partial charge is 0.231 e. The number of hydrogen-bond donors (Lipinski definition) is 2. The van der Waals surface area contributed by atoms with Crippen LogP contribution in [0.3, 0.4) is 0 Å². The molecule has 1 aliphatic rings. The van der Waals surface area contributed by atoms with E-state index in [1.807, 2.05) is 24.3 Å². The Hall–Kier alpha value is -3.28. The number of aromatic nitrogens is 2. The predicted molar refractivity (Wildman–Crippen MR) is 106 cm³/mol. The topological polar surface area (TPSA) is 68.3 Å². The Morgan fingerprint density at radius 3 is 2.85 bits per heavy atom. The molecule has 2 aromatic carbocycles. The van der Waals surface area contributed by atoms with Gasteiger partial charge in [0.05, 0.1) is 0 Å². The minimum atomic E-state index is 0.279. The van der Waals surface area contributed by atoms with Crippen LogP contribution in [0.2, 0.25) is 0 Å². The van der Waals surface area contributed by atoms with Crippen LogP contribution in [-0.2, 0) is 13.0 Å². The molecular weight excluding hydrogens is 340 g/mol. The highest BCUT2D eigenvalue weighted by molar-refractivity contribution is 5.65. The Labute approximate surface area is 158 Å². The van der Waals surface area contributed by atoms with Crippen LogP contribution in [0.5, 0.6) is 11.5 Å². The number of rotatable bonds is 6. The van der Waals surface area contributed by atoms with Crippen LogP contribution in [0.15, 0.2) is 48.7 Å². The van der Waals surface area contributed by atoms with Crippen molar-refractivity contribution in [3.8, 4) is 11.5 Å². The van der Waals surface area contributed by atoms with Crippen molar-refractivity contribution in [1.82, 2.24) is 9.97 Å². The lowest BCUT2D eigenvalue weighted by Gasteiger charge is -2.14. The first-order valence-electron chi connectivity index (χ1n) is 9.04. The van der Waals surface area contributed by atoms with Gasteiger partial charge in [0.1, 0.15) is 5.82 Å². The number of anilines is 3. The maximum absolute atomic E-state index is 5.42. The fourth-order valence-corrected chi connectivity index (χ4v) is 3.08. The van der Waals surface area contributed by atoms with Crippen LogP contribution in [0.25, 0.3) is 0 Å². The van der Waals surface area contributed by atoms with Gasteiger partial charge in [-0.1, -0.05) is 31.2 Å². The minimum Gasteiger partial charge on any atom is -0.454 e. The summed E-state index contributed by atoms with van der Waals surface area (Å²) in [5.41, 5.74) is 4.65. The van der Waals surface area contributed by atoms with Crippen molar-refractivity contribution < 1.29 is 9.47 Å². The predicted octanol–water partition coefficient (Wildman–Crippen LogP) is 4.43. The standard InChI is InChI=1S/C21H22N4O2/c1-3-16-6-4-5-14(2)20(16)24-19-9-10-22-21(25-19)23-12-15-7-8-17-18(11-15)27-13-26-17/h4-11H,3,12-13H2,1-2H3,(H2,22,23,24,25). The Morgan fingerprint density at radius 1 is 1.07 bits per heavy atom. The Kier molecular flexibility index (Phi) is 4.78. The molecule has 0 amide bonds. The quantitative estimate of drug-likeness (QED) is 0.676. The number of aryl methyl sites for hydroxylation is 2. The minimum absolute atomic E-state index is 0.279. The highest BCUT2D eigenvalue weighted by atomic mass is 16.7. The number of nitrogens with one attached hydrogen (secondary N) is 2. The average Bonchev–Trinajstić information content (AvgIpc) is 3.16. The van der Waals surface area contributed by atoms with E-state index in [0.717, 1.165) is 35.0 Å². The summed E-state index contributed by atoms with van der Waals surface area (Å²) in [6.45, 7) is 5.13. The second-order valence-corrected chi connectivity index (χ2v) is 6.39. The van der Waals surface area contributed by atoms with Gasteiger partial charge in [0.2, 0.25) is 12.7 Å². The van der Waals surface area contributed by atoms with Crippen molar-refractivity contribution in [3.05, 3.63) is 65.4 Å². The third-order valence-electron chi connectivity index (χ3n) is 4.54. The molecule has 1 aliphatic heterocycles. The van der Waals surface area contributed by atoms with Gasteiger partial charge in [-0.15, -0.1) is 0 Å². The van der Waals surface area contributed by atoms with E-state index in [9.17, 15) is 0 Å². The van der Waals surface area contributed by atoms with Crippen molar-refractivity contribution >= 4 is 17.5 Å². The summed E-state index contributed by atoms with van der Waals surface area (Å²) >= 11 is 0. The normalized spacial score (nSPS) is 12.1. The Balaban J connectivity index is 1.47. The molecule has 138 valence electrons. The van der Waals surface area contributed by atoms with E-state index >= 15 is 0 Å². The largest absolute Gasteiger partial charge is 0.454 e. The van der Waals surface area contributed by atoms with Crippen molar-refractivity contribution in [2.45, 2.75) is 26.8 Å². The molecule has 0 saturated heterocycles. The van der Waals surface area contributed by atoms with Gasteiger partial charge in [-0.25, -0.2) is 4.98 Å². The van der Waals surface area contributed by atoms with E-state index < -0.39 is 0 Å². The first-order valence-corrected chi connectivity index (χ1v) is 9.04. The van der Waals surface area contributed by atoms with Crippen molar-refractivity contribution in [2.24, 2.45) is 0 Å². The summed E-state index contributed by atoms with van der Waals surface area (Å²) in [5, 5.41) is 6.70. The van der Waals surface area contributed by atoms with Crippen LogP contribution >= 0.6 is 0 Å². The van der Waals surface area contributed by atoms with Gasteiger partial charge in [-0.3, -0.25) is 0 Å². The second-order valence-electron chi connectivity index (χ2n) is 6.39. The SMILES string of the molecule is CCc1cccc(C)c1Nc1ccnc(NCc2ccc3c(c2)OCO3)n1. The number of benzene rings is 2. The second kappa shape index (κ2) is 7.53. The zero-order valence-corrected chi connectivity index (χ0v) is 15.5. The summed E-state index contributed by atoms with van der Waals surface area (Å²) in [6.07, 6.45) is 2.71. The summed E-state index contributed by atoms with van der Waals surface area (Å²) in [7, 11) is 0. The van der Waals surface area contributed by atoms with Crippen molar-refractivity contribution in [2.75, 3.05) is 17.4 Å². The molecule has 0 aliphatic carbocycles. The molecular formula is C21H22N4O2. The van der Waals surface area contributed by atoms with Gasteiger partial charge in [0.15, 0.2) is 11.5 Å². The Bertz CT molecular complexity index is 959. The van der Waals surface area contributed by atoms with Gasteiger partial charge >= 0.3 is 0 Å². The average molecular weight is 362 g/mol. The highest BCUT2D eigenvalue weighted by Crippen LogP contribution is 2.32. The van der Waals surface area contributed by atoms with Gasteiger partial charge in [0.25, 0.3) is 0 Å². The Morgan fingerprint density at radius 2 is 1.96 bits per heavy atom. The molecule has 6 nitrogen and oxygen atoms in total.